The average Bonchev–Trinajstić information content (AvgIpc) is 3.10. The van der Waals surface area contributed by atoms with Crippen LogP contribution in [0.25, 0.3) is 11.2 Å². The SMILES string of the molecule is Cc1cccc(Cn2c(NCCc3ccccc3)nc3c2c(=O)n(C)c(=O)n3C)c1. The molecule has 154 valence electrons. The Morgan fingerprint density at radius 3 is 2.40 bits per heavy atom. The fraction of sp³-hybridized carbons (Fsp3) is 0.261. The maximum atomic E-state index is 12.9. The van der Waals surface area contributed by atoms with Gasteiger partial charge in [0.05, 0.1) is 6.54 Å². The molecule has 0 radical (unpaired) electrons. The highest BCUT2D eigenvalue weighted by Crippen LogP contribution is 2.18. The summed E-state index contributed by atoms with van der Waals surface area (Å²) in [6.45, 7) is 3.19. The third kappa shape index (κ3) is 3.66. The van der Waals surface area contributed by atoms with Crippen molar-refractivity contribution in [2.75, 3.05) is 11.9 Å². The van der Waals surface area contributed by atoms with E-state index in [-0.39, 0.29) is 11.2 Å². The topological polar surface area (TPSA) is 73.8 Å². The zero-order valence-corrected chi connectivity index (χ0v) is 17.4. The van der Waals surface area contributed by atoms with E-state index >= 15 is 0 Å². The van der Waals surface area contributed by atoms with Crippen LogP contribution in [0, 0.1) is 6.92 Å². The number of rotatable bonds is 6. The molecular formula is C23H25N5O2. The van der Waals surface area contributed by atoms with Crippen molar-refractivity contribution in [3.05, 3.63) is 92.1 Å². The summed E-state index contributed by atoms with van der Waals surface area (Å²) in [6.07, 6.45) is 0.825. The summed E-state index contributed by atoms with van der Waals surface area (Å²) in [7, 11) is 3.14. The second-order valence-electron chi connectivity index (χ2n) is 7.55. The van der Waals surface area contributed by atoms with Gasteiger partial charge in [-0.15, -0.1) is 0 Å². The zero-order valence-electron chi connectivity index (χ0n) is 17.4. The van der Waals surface area contributed by atoms with E-state index in [1.165, 1.54) is 17.2 Å². The lowest BCUT2D eigenvalue weighted by Gasteiger charge is -2.12. The predicted octanol–water partition coefficient (Wildman–Crippen LogP) is 2.45. The minimum atomic E-state index is -0.386. The molecule has 0 saturated heterocycles. The van der Waals surface area contributed by atoms with Gasteiger partial charge in [0.2, 0.25) is 5.95 Å². The van der Waals surface area contributed by atoms with Crippen molar-refractivity contribution in [3.63, 3.8) is 0 Å². The van der Waals surface area contributed by atoms with Crippen LogP contribution in [0.3, 0.4) is 0 Å². The molecule has 0 atom stereocenters. The van der Waals surface area contributed by atoms with E-state index in [0.717, 1.165) is 22.1 Å². The van der Waals surface area contributed by atoms with Crippen LogP contribution < -0.4 is 16.6 Å². The number of fused-ring (bicyclic) bond motifs is 1. The molecule has 0 aliphatic carbocycles. The molecule has 0 aliphatic rings. The van der Waals surface area contributed by atoms with Gasteiger partial charge in [-0.2, -0.15) is 4.98 Å². The standard InChI is InChI=1S/C23H25N5O2/c1-16-8-7-11-18(14-16)15-28-19-20(26(2)23(30)27(3)21(19)29)25-22(28)24-13-12-17-9-5-4-6-10-17/h4-11,14H,12-13,15H2,1-3H3,(H,24,25). The van der Waals surface area contributed by atoms with Gasteiger partial charge in [-0.3, -0.25) is 18.5 Å². The molecule has 2 aromatic heterocycles. The molecule has 7 heteroatoms. The van der Waals surface area contributed by atoms with Crippen molar-refractivity contribution < 1.29 is 0 Å². The van der Waals surface area contributed by atoms with Crippen molar-refractivity contribution in [1.29, 1.82) is 0 Å². The Kier molecular flexibility index (Phi) is 5.27. The second-order valence-corrected chi connectivity index (χ2v) is 7.55. The number of nitrogens with one attached hydrogen (secondary N) is 1. The van der Waals surface area contributed by atoms with Crippen molar-refractivity contribution >= 4 is 17.1 Å². The van der Waals surface area contributed by atoms with E-state index in [1.807, 2.05) is 47.9 Å². The number of aryl methyl sites for hydroxylation is 2. The highest BCUT2D eigenvalue weighted by Gasteiger charge is 2.19. The summed E-state index contributed by atoms with van der Waals surface area (Å²) in [4.78, 5) is 30.0. The monoisotopic (exact) mass is 403 g/mol. The number of benzene rings is 2. The Morgan fingerprint density at radius 2 is 1.67 bits per heavy atom. The van der Waals surface area contributed by atoms with Crippen LogP contribution >= 0.6 is 0 Å². The first-order valence-corrected chi connectivity index (χ1v) is 9.95. The van der Waals surface area contributed by atoms with E-state index < -0.39 is 0 Å². The van der Waals surface area contributed by atoms with Crippen LogP contribution in [0.4, 0.5) is 5.95 Å². The Bertz CT molecular complexity index is 1320. The van der Waals surface area contributed by atoms with Gasteiger partial charge in [0, 0.05) is 20.6 Å². The molecule has 2 aromatic carbocycles. The van der Waals surface area contributed by atoms with Crippen molar-refractivity contribution in [2.45, 2.75) is 19.9 Å². The third-order valence-electron chi connectivity index (χ3n) is 5.31. The summed E-state index contributed by atoms with van der Waals surface area (Å²) >= 11 is 0. The molecule has 7 nitrogen and oxygen atoms in total. The van der Waals surface area contributed by atoms with Gasteiger partial charge < -0.3 is 5.32 Å². The van der Waals surface area contributed by atoms with Gasteiger partial charge >= 0.3 is 5.69 Å². The highest BCUT2D eigenvalue weighted by molar-refractivity contribution is 5.74. The predicted molar refractivity (Wildman–Crippen MR) is 119 cm³/mol. The molecule has 4 rings (SSSR count). The van der Waals surface area contributed by atoms with E-state index in [0.29, 0.717) is 30.2 Å². The molecule has 2 heterocycles. The molecule has 4 aromatic rings. The van der Waals surface area contributed by atoms with Crippen molar-refractivity contribution in [2.24, 2.45) is 14.1 Å². The lowest BCUT2D eigenvalue weighted by molar-refractivity contribution is 0.702. The molecule has 0 unspecified atom stereocenters. The Morgan fingerprint density at radius 1 is 0.933 bits per heavy atom. The summed E-state index contributed by atoms with van der Waals surface area (Å²) in [5, 5.41) is 3.37. The lowest BCUT2D eigenvalue weighted by atomic mass is 10.1. The number of hydrogen-bond donors (Lipinski definition) is 1. The first-order valence-electron chi connectivity index (χ1n) is 9.95. The molecule has 0 aliphatic heterocycles. The molecule has 0 amide bonds. The van der Waals surface area contributed by atoms with Gasteiger partial charge in [0.15, 0.2) is 11.2 Å². The largest absolute Gasteiger partial charge is 0.355 e. The third-order valence-corrected chi connectivity index (χ3v) is 5.31. The number of aromatic nitrogens is 4. The van der Waals surface area contributed by atoms with Crippen LogP contribution in [0.1, 0.15) is 16.7 Å². The van der Waals surface area contributed by atoms with Crippen LogP contribution in [-0.2, 0) is 27.1 Å². The van der Waals surface area contributed by atoms with E-state index in [9.17, 15) is 9.59 Å². The molecule has 0 spiro atoms. The molecule has 0 saturated carbocycles. The summed E-state index contributed by atoms with van der Waals surface area (Å²) in [5.74, 6) is 0.584. The minimum Gasteiger partial charge on any atom is -0.355 e. The van der Waals surface area contributed by atoms with Crippen LogP contribution in [0.5, 0.6) is 0 Å². The van der Waals surface area contributed by atoms with Gasteiger partial charge in [-0.25, -0.2) is 4.79 Å². The maximum Gasteiger partial charge on any atom is 0.332 e. The fourth-order valence-corrected chi connectivity index (χ4v) is 3.69. The van der Waals surface area contributed by atoms with Gasteiger partial charge in [0.25, 0.3) is 5.56 Å². The molecular weight excluding hydrogens is 378 g/mol. The molecule has 30 heavy (non-hydrogen) atoms. The minimum absolute atomic E-state index is 0.343. The van der Waals surface area contributed by atoms with Crippen molar-refractivity contribution in [1.82, 2.24) is 18.7 Å². The summed E-state index contributed by atoms with van der Waals surface area (Å²) in [6, 6.07) is 18.3. The number of hydrogen-bond acceptors (Lipinski definition) is 4. The van der Waals surface area contributed by atoms with Gasteiger partial charge in [-0.05, 0) is 24.5 Å². The van der Waals surface area contributed by atoms with E-state index in [1.54, 1.807) is 7.05 Å². The first kappa shape index (κ1) is 19.7. The Labute approximate surface area is 174 Å². The first-order chi connectivity index (χ1) is 14.5. The van der Waals surface area contributed by atoms with Crippen LogP contribution in [0.15, 0.2) is 64.2 Å². The fourth-order valence-electron chi connectivity index (χ4n) is 3.69. The number of nitrogens with zero attached hydrogens (tertiary/aromatic N) is 4. The summed E-state index contributed by atoms with van der Waals surface area (Å²) < 4.78 is 4.42. The van der Waals surface area contributed by atoms with Crippen LogP contribution in [0.2, 0.25) is 0 Å². The molecule has 0 bridgehead atoms. The lowest BCUT2D eigenvalue weighted by Crippen LogP contribution is -2.37. The van der Waals surface area contributed by atoms with E-state index in [2.05, 4.69) is 28.5 Å². The normalized spacial score (nSPS) is 11.2. The van der Waals surface area contributed by atoms with Gasteiger partial charge in [-0.1, -0.05) is 60.2 Å². The Balaban J connectivity index is 1.77. The summed E-state index contributed by atoms with van der Waals surface area (Å²) in [5.41, 5.74) is 3.51. The van der Waals surface area contributed by atoms with Gasteiger partial charge in [0.1, 0.15) is 0 Å². The molecule has 0 fully saturated rings. The molecule has 1 N–H and O–H groups in total. The Hall–Kier alpha value is -3.61. The second kappa shape index (κ2) is 8.02. The van der Waals surface area contributed by atoms with E-state index in [4.69, 9.17) is 0 Å². The number of anilines is 1. The zero-order chi connectivity index (χ0) is 21.3. The smallest absolute Gasteiger partial charge is 0.332 e. The van der Waals surface area contributed by atoms with Crippen molar-refractivity contribution in [3.8, 4) is 0 Å². The maximum absolute atomic E-state index is 12.9. The number of imidazole rings is 1. The quantitative estimate of drug-likeness (QED) is 0.537. The highest BCUT2D eigenvalue weighted by atomic mass is 16.2. The average molecular weight is 403 g/mol. The van der Waals surface area contributed by atoms with Crippen LogP contribution in [-0.4, -0.2) is 25.2 Å².